The molecule has 2 N–H and O–H groups in total. The van der Waals surface area contributed by atoms with Crippen molar-refractivity contribution in [3.05, 3.63) is 38.4 Å². The molecule has 8 nitrogen and oxygen atoms in total. The predicted octanol–water partition coefficient (Wildman–Crippen LogP) is 1.93. The molecule has 0 unspecified atom stereocenters. The number of nitrogens with one attached hydrogen (secondary N) is 1. The van der Waals surface area contributed by atoms with Gasteiger partial charge in [-0.05, 0) is 6.07 Å². The number of hydrogen-bond acceptors (Lipinski definition) is 6. The molecule has 0 aromatic heterocycles. The lowest BCUT2D eigenvalue weighted by atomic mass is 9.95. The van der Waals surface area contributed by atoms with E-state index >= 15 is 0 Å². The van der Waals surface area contributed by atoms with Crippen molar-refractivity contribution in [2.45, 2.75) is 13.8 Å². The Morgan fingerprint density at radius 1 is 1.26 bits per heavy atom. The molecule has 0 spiro atoms. The van der Waals surface area contributed by atoms with Gasteiger partial charge >= 0.3 is 0 Å². The number of aliphatic hydroxyl groups is 1. The van der Waals surface area contributed by atoms with Crippen LogP contribution < -0.4 is 5.32 Å². The van der Waals surface area contributed by atoms with Crippen molar-refractivity contribution in [3.63, 3.8) is 0 Å². The summed E-state index contributed by atoms with van der Waals surface area (Å²) in [6.07, 6.45) is 0. The average Bonchev–Trinajstić information content (AvgIpc) is 2.36. The summed E-state index contributed by atoms with van der Waals surface area (Å²) >= 11 is 0. The Kier molecular flexibility index (Phi) is 4.38. The molecule has 8 heteroatoms. The number of hydrogen-bond donors (Lipinski definition) is 2. The first-order valence-electron chi connectivity index (χ1n) is 5.54. The van der Waals surface area contributed by atoms with Gasteiger partial charge in [-0.3, -0.25) is 20.2 Å². The molecule has 0 aliphatic rings. The van der Waals surface area contributed by atoms with Gasteiger partial charge in [0.25, 0.3) is 11.4 Å². The number of aliphatic hydroxyl groups excluding tert-OH is 1. The fourth-order valence-corrected chi connectivity index (χ4v) is 1.32. The number of nitro groups is 2. The van der Waals surface area contributed by atoms with Gasteiger partial charge in [0, 0.05) is 24.6 Å². The molecule has 0 aliphatic carbocycles. The van der Waals surface area contributed by atoms with E-state index in [4.69, 9.17) is 5.11 Å². The van der Waals surface area contributed by atoms with Gasteiger partial charge in [0.15, 0.2) is 0 Å². The molecule has 1 rings (SSSR count). The third kappa shape index (κ3) is 3.88. The van der Waals surface area contributed by atoms with Gasteiger partial charge in [-0.15, -0.1) is 0 Å². The quantitative estimate of drug-likeness (QED) is 0.601. The molecule has 0 radical (unpaired) electrons. The molecular formula is C11H15N3O5. The van der Waals surface area contributed by atoms with Crippen LogP contribution in [0.2, 0.25) is 0 Å². The summed E-state index contributed by atoms with van der Waals surface area (Å²) in [5, 5.41) is 33.4. The number of rotatable bonds is 6. The SMILES string of the molecule is CC(C)(CO)CNc1ccc([N+](=O)[O-])cc1[N+](=O)[O-]. The second-order valence-corrected chi connectivity index (χ2v) is 4.89. The first-order chi connectivity index (χ1) is 8.76. The van der Waals surface area contributed by atoms with Crippen LogP contribution >= 0.6 is 0 Å². The van der Waals surface area contributed by atoms with E-state index in [0.29, 0.717) is 6.54 Å². The zero-order valence-corrected chi connectivity index (χ0v) is 10.6. The van der Waals surface area contributed by atoms with Gasteiger partial charge in [0.1, 0.15) is 5.69 Å². The summed E-state index contributed by atoms with van der Waals surface area (Å²) in [6.45, 7) is 3.80. The fourth-order valence-electron chi connectivity index (χ4n) is 1.32. The highest BCUT2D eigenvalue weighted by Crippen LogP contribution is 2.29. The van der Waals surface area contributed by atoms with Gasteiger partial charge in [-0.25, -0.2) is 0 Å². The summed E-state index contributed by atoms with van der Waals surface area (Å²) in [6, 6.07) is 3.40. The van der Waals surface area contributed by atoms with Crippen molar-refractivity contribution in [1.82, 2.24) is 0 Å². The van der Waals surface area contributed by atoms with E-state index in [-0.39, 0.29) is 23.7 Å². The topological polar surface area (TPSA) is 119 Å². The maximum atomic E-state index is 10.9. The minimum absolute atomic E-state index is 0.0826. The zero-order valence-electron chi connectivity index (χ0n) is 10.6. The van der Waals surface area contributed by atoms with E-state index < -0.39 is 15.3 Å². The number of benzene rings is 1. The molecule has 1 aromatic carbocycles. The summed E-state index contributed by atoms with van der Waals surface area (Å²) in [5.74, 6) is 0. The molecule has 0 amide bonds. The average molecular weight is 269 g/mol. The Hall–Kier alpha value is -2.22. The maximum absolute atomic E-state index is 10.9. The molecule has 0 atom stereocenters. The predicted molar refractivity (Wildman–Crippen MR) is 69.1 cm³/mol. The molecule has 0 bridgehead atoms. The van der Waals surface area contributed by atoms with Crippen LogP contribution in [0.1, 0.15) is 13.8 Å². The standard InChI is InChI=1S/C11H15N3O5/c1-11(2,7-15)6-12-9-4-3-8(13(16)17)5-10(9)14(18)19/h3-5,12,15H,6-7H2,1-2H3. The van der Waals surface area contributed by atoms with Crippen LogP contribution in [0.25, 0.3) is 0 Å². The van der Waals surface area contributed by atoms with Crippen molar-refractivity contribution in [3.8, 4) is 0 Å². The highest BCUT2D eigenvalue weighted by Gasteiger charge is 2.22. The Morgan fingerprint density at radius 2 is 1.89 bits per heavy atom. The summed E-state index contributed by atoms with van der Waals surface area (Å²) in [5.41, 5.74) is -0.950. The third-order valence-corrected chi connectivity index (χ3v) is 2.57. The van der Waals surface area contributed by atoms with Gasteiger partial charge in [-0.1, -0.05) is 13.8 Å². The minimum atomic E-state index is -0.686. The van der Waals surface area contributed by atoms with Crippen LogP contribution in [0.5, 0.6) is 0 Å². The number of nitro benzene ring substituents is 2. The number of nitrogens with zero attached hydrogens (tertiary/aromatic N) is 2. The lowest BCUT2D eigenvalue weighted by Gasteiger charge is -2.22. The highest BCUT2D eigenvalue weighted by molar-refractivity contribution is 5.65. The molecular weight excluding hydrogens is 254 g/mol. The van der Waals surface area contributed by atoms with Crippen molar-refractivity contribution in [2.75, 3.05) is 18.5 Å². The van der Waals surface area contributed by atoms with Gasteiger partial charge < -0.3 is 10.4 Å². The minimum Gasteiger partial charge on any atom is -0.396 e. The van der Waals surface area contributed by atoms with E-state index in [9.17, 15) is 20.2 Å². The summed E-state index contributed by atoms with van der Waals surface area (Å²) in [7, 11) is 0. The number of non-ortho nitro benzene ring substituents is 1. The summed E-state index contributed by atoms with van der Waals surface area (Å²) in [4.78, 5) is 20.1. The molecule has 0 heterocycles. The fraction of sp³-hybridized carbons (Fsp3) is 0.455. The van der Waals surface area contributed by atoms with E-state index in [1.54, 1.807) is 13.8 Å². The molecule has 0 fully saturated rings. The Labute approximate surface area is 109 Å². The normalized spacial score (nSPS) is 11.1. The second-order valence-electron chi connectivity index (χ2n) is 4.89. The molecule has 19 heavy (non-hydrogen) atoms. The smallest absolute Gasteiger partial charge is 0.299 e. The first kappa shape index (κ1) is 14.8. The largest absolute Gasteiger partial charge is 0.396 e. The van der Waals surface area contributed by atoms with Crippen molar-refractivity contribution in [2.24, 2.45) is 5.41 Å². The van der Waals surface area contributed by atoms with Gasteiger partial charge in [-0.2, -0.15) is 0 Å². The first-order valence-corrected chi connectivity index (χ1v) is 5.54. The van der Waals surface area contributed by atoms with E-state index in [1.165, 1.54) is 12.1 Å². The van der Waals surface area contributed by atoms with Crippen LogP contribution in [0.15, 0.2) is 18.2 Å². The van der Waals surface area contributed by atoms with E-state index in [1.807, 2.05) is 0 Å². The Balaban J connectivity index is 3.01. The lowest BCUT2D eigenvalue weighted by Crippen LogP contribution is -2.27. The summed E-state index contributed by atoms with van der Waals surface area (Å²) < 4.78 is 0. The lowest BCUT2D eigenvalue weighted by molar-refractivity contribution is -0.393. The van der Waals surface area contributed by atoms with E-state index in [2.05, 4.69) is 5.32 Å². The third-order valence-electron chi connectivity index (χ3n) is 2.57. The zero-order chi connectivity index (χ0) is 14.6. The van der Waals surface area contributed by atoms with Crippen LogP contribution in [-0.4, -0.2) is 28.1 Å². The van der Waals surface area contributed by atoms with Crippen LogP contribution in [0.3, 0.4) is 0 Å². The number of anilines is 1. The molecule has 0 aliphatic heterocycles. The Morgan fingerprint density at radius 3 is 2.37 bits per heavy atom. The van der Waals surface area contributed by atoms with Crippen LogP contribution in [0.4, 0.5) is 17.1 Å². The monoisotopic (exact) mass is 269 g/mol. The van der Waals surface area contributed by atoms with Crippen molar-refractivity contribution >= 4 is 17.1 Å². The molecule has 104 valence electrons. The maximum Gasteiger partial charge on any atom is 0.299 e. The van der Waals surface area contributed by atoms with Gasteiger partial charge in [0.2, 0.25) is 0 Å². The van der Waals surface area contributed by atoms with E-state index in [0.717, 1.165) is 6.07 Å². The molecule has 1 aromatic rings. The van der Waals surface area contributed by atoms with Crippen LogP contribution in [-0.2, 0) is 0 Å². The molecule has 0 saturated carbocycles. The molecule has 0 saturated heterocycles. The van der Waals surface area contributed by atoms with Crippen molar-refractivity contribution in [1.29, 1.82) is 0 Å². The van der Waals surface area contributed by atoms with Gasteiger partial charge in [0.05, 0.1) is 15.9 Å². The van der Waals surface area contributed by atoms with Crippen molar-refractivity contribution < 1.29 is 15.0 Å². The van der Waals surface area contributed by atoms with Crippen LogP contribution in [0, 0.1) is 25.6 Å². The highest BCUT2D eigenvalue weighted by atomic mass is 16.6. The Bertz CT molecular complexity index is 501. The second kappa shape index (κ2) is 5.61.